The molecule has 0 aromatic heterocycles. The summed E-state index contributed by atoms with van der Waals surface area (Å²) in [7, 11) is 0. The average Bonchev–Trinajstić information content (AvgIpc) is 2.47. The van der Waals surface area contributed by atoms with Gasteiger partial charge in [0, 0.05) is 10.1 Å². The van der Waals surface area contributed by atoms with Gasteiger partial charge in [-0.3, -0.25) is 0 Å². The monoisotopic (exact) mass is 427 g/mol. The third-order valence-corrected chi connectivity index (χ3v) is 4.28. The number of likely N-dealkylation sites (tertiary alicyclic amines) is 1. The van der Waals surface area contributed by atoms with Crippen LogP contribution in [0.25, 0.3) is 0 Å². The quantitative estimate of drug-likeness (QED) is 0.406. The summed E-state index contributed by atoms with van der Waals surface area (Å²) in [6.07, 6.45) is 4.72. The zero-order valence-corrected chi connectivity index (χ0v) is 14.8. The van der Waals surface area contributed by atoms with E-state index in [9.17, 15) is 9.18 Å². The maximum Gasteiger partial charge on any atom is 0.338 e. The van der Waals surface area contributed by atoms with Gasteiger partial charge in [0.2, 0.25) is 0 Å². The molecule has 1 aromatic rings. The molecule has 1 heterocycles. The summed E-state index contributed by atoms with van der Waals surface area (Å²) in [4.78, 5) is 14.2. The van der Waals surface area contributed by atoms with Gasteiger partial charge in [-0.05, 0) is 73.1 Å². The summed E-state index contributed by atoms with van der Waals surface area (Å²) in [5, 5.41) is 0. The van der Waals surface area contributed by atoms with E-state index in [0.717, 1.165) is 26.1 Å². The van der Waals surface area contributed by atoms with E-state index in [4.69, 9.17) is 4.74 Å². The molecule has 1 saturated heterocycles. The molecule has 1 aliphatic rings. The highest BCUT2D eigenvalue weighted by molar-refractivity contribution is 14.1. The number of ether oxygens (including phenoxy) is 1. The normalized spacial score (nSPS) is 15.3. The molecule has 0 amide bonds. The van der Waals surface area contributed by atoms with Gasteiger partial charge in [-0.1, -0.05) is 6.42 Å². The molecule has 3 nitrogen and oxygen atoms in total. The molecule has 0 atom stereocenters. The van der Waals surface area contributed by atoms with Crippen molar-refractivity contribution in [3.05, 3.63) is 33.1 Å². The Kier molecular flexibility index (Phi) is 8.51. The molecule has 1 fully saturated rings. The summed E-state index contributed by atoms with van der Waals surface area (Å²) >= 11 is 1.87. The van der Waals surface area contributed by atoms with Gasteiger partial charge < -0.3 is 9.64 Å². The van der Waals surface area contributed by atoms with Gasteiger partial charge in [0.25, 0.3) is 0 Å². The van der Waals surface area contributed by atoms with Crippen molar-refractivity contribution in [3.8, 4) is 0 Å². The standard InChI is InChI=1S/C15H19FINO2.ClH/c16-13-6-5-12(11-14(13)17)15(19)20-10-4-9-18-7-2-1-3-8-18;/h5-6,11H,1-4,7-10H2;1H. The average molecular weight is 428 g/mol. The topological polar surface area (TPSA) is 29.5 Å². The van der Waals surface area contributed by atoms with Crippen molar-refractivity contribution < 1.29 is 13.9 Å². The van der Waals surface area contributed by atoms with Crippen molar-refractivity contribution in [1.29, 1.82) is 0 Å². The second kappa shape index (κ2) is 9.58. The Morgan fingerprint density at radius 3 is 2.67 bits per heavy atom. The molecular formula is C15H20ClFINO2. The van der Waals surface area contributed by atoms with Crippen molar-refractivity contribution in [1.82, 2.24) is 4.90 Å². The highest BCUT2D eigenvalue weighted by Crippen LogP contribution is 2.14. The molecule has 1 aliphatic heterocycles. The predicted molar refractivity (Wildman–Crippen MR) is 91.6 cm³/mol. The SMILES string of the molecule is Cl.O=C(OCCCN1CCCCC1)c1ccc(F)c(I)c1. The summed E-state index contributed by atoms with van der Waals surface area (Å²) in [6, 6.07) is 4.28. The van der Waals surface area contributed by atoms with Crippen molar-refractivity contribution in [2.75, 3.05) is 26.2 Å². The Balaban J connectivity index is 0.00000220. The molecule has 118 valence electrons. The van der Waals surface area contributed by atoms with Crippen molar-refractivity contribution in [3.63, 3.8) is 0 Å². The molecule has 6 heteroatoms. The van der Waals surface area contributed by atoms with Crippen LogP contribution in [0.1, 0.15) is 36.0 Å². The van der Waals surface area contributed by atoms with E-state index in [-0.39, 0.29) is 24.2 Å². The fraction of sp³-hybridized carbons (Fsp3) is 0.533. The first-order valence-electron chi connectivity index (χ1n) is 7.01. The third kappa shape index (κ3) is 6.08. The number of carbonyl (C=O) groups is 1. The van der Waals surface area contributed by atoms with E-state index in [1.54, 1.807) is 0 Å². The molecule has 21 heavy (non-hydrogen) atoms. The number of halogens is 3. The molecule has 0 N–H and O–H groups in total. The van der Waals surface area contributed by atoms with E-state index in [2.05, 4.69) is 4.90 Å². The first-order valence-corrected chi connectivity index (χ1v) is 8.09. The lowest BCUT2D eigenvalue weighted by molar-refractivity contribution is 0.0485. The summed E-state index contributed by atoms with van der Waals surface area (Å²) in [5.41, 5.74) is 0.411. The highest BCUT2D eigenvalue weighted by atomic mass is 127. The van der Waals surface area contributed by atoms with Crippen LogP contribution >= 0.6 is 35.0 Å². The number of hydrogen-bond acceptors (Lipinski definition) is 3. The molecule has 0 aliphatic carbocycles. The van der Waals surface area contributed by atoms with Crippen molar-refractivity contribution >= 4 is 41.0 Å². The zero-order chi connectivity index (χ0) is 14.4. The maximum absolute atomic E-state index is 13.1. The Bertz CT molecular complexity index is 467. The van der Waals surface area contributed by atoms with Crippen LogP contribution in [0.2, 0.25) is 0 Å². The second-order valence-corrected chi connectivity index (χ2v) is 6.18. The second-order valence-electron chi connectivity index (χ2n) is 5.02. The number of benzene rings is 1. The van der Waals surface area contributed by atoms with Crippen LogP contribution in [-0.2, 0) is 4.74 Å². The first-order chi connectivity index (χ1) is 9.66. The van der Waals surface area contributed by atoms with Crippen LogP contribution < -0.4 is 0 Å². The number of piperidine rings is 1. The van der Waals surface area contributed by atoms with Crippen molar-refractivity contribution in [2.24, 2.45) is 0 Å². The molecular weight excluding hydrogens is 408 g/mol. The number of hydrogen-bond donors (Lipinski definition) is 0. The largest absolute Gasteiger partial charge is 0.462 e. The first kappa shape index (κ1) is 18.6. The van der Waals surface area contributed by atoms with E-state index < -0.39 is 0 Å². The van der Waals surface area contributed by atoms with Crippen LogP contribution in [0.4, 0.5) is 4.39 Å². The van der Waals surface area contributed by atoms with Crippen LogP contribution in [0.3, 0.4) is 0 Å². The molecule has 0 bridgehead atoms. The van der Waals surface area contributed by atoms with E-state index in [1.807, 2.05) is 22.6 Å². The summed E-state index contributed by atoms with van der Waals surface area (Å²) < 4.78 is 18.8. The van der Waals surface area contributed by atoms with E-state index in [0.29, 0.717) is 15.7 Å². The minimum atomic E-state index is -0.374. The Morgan fingerprint density at radius 2 is 2.00 bits per heavy atom. The van der Waals surface area contributed by atoms with Crippen molar-refractivity contribution in [2.45, 2.75) is 25.7 Å². The van der Waals surface area contributed by atoms with Gasteiger partial charge in [0.1, 0.15) is 5.82 Å². The Labute approximate surface area is 144 Å². The highest BCUT2D eigenvalue weighted by Gasteiger charge is 2.11. The van der Waals surface area contributed by atoms with E-state index >= 15 is 0 Å². The van der Waals surface area contributed by atoms with Gasteiger partial charge in [-0.2, -0.15) is 0 Å². The van der Waals surface area contributed by atoms with Gasteiger partial charge in [0.15, 0.2) is 0 Å². The smallest absolute Gasteiger partial charge is 0.338 e. The van der Waals surface area contributed by atoms with Gasteiger partial charge in [-0.15, -0.1) is 12.4 Å². The molecule has 0 unspecified atom stereocenters. The maximum atomic E-state index is 13.1. The van der Waals surface area contributed by atoms with Gasteiger partial charge >= 0.3 is 5.97 Å². The van der Waals surface area contributed by atoms with Crippen LogP contribution in [0.5, 0.6) is 0 Å². The zero-order valence-electron chi connectivity index (χ0n) is 11.8. The summed E-state index contributed by atoms with van der Waals surface area (Å²) in [6.45, 7) is 3.71. The number of rotatable bonds is 5. The molecule has 1 aromatic carbocycles. The fourth-order valence-electron chi connectivity index (χ4n) is 2.34. The van der Waals surface area contributed by atoms with Crippen LogP contribution in [0, 0.1) is 9.39 Å². The molecule has 0 radical (unpaired) electrons. The minimum Gasteiger partial charge on any atom is -0.462 e. The van der Waals surface area contributed by atoms with E-state index in [1.165, 1.54) is 37.5 Å². The Morgan fingerprint density at radius 1 is 1.29 bits per heavy atom. The van der Waals surface area contributed by atoms with Crippen LogP contribution in [0.15, 0.2) is 18.2 Å². The van der Waals surface area contributed by atoms with Gasteiger partial charge in [0.05, 0.1) is 12.2 Å². The molecule has 0 spiro atoms. The summed E-state index contributed by atoms with van der Waals surface area (Å²) in [5.74, 6) is -0.686. The lowest BCUT2D eigenvalue weighted by Gasteiger charge is -2.26. The third-order valence-electron chi connectivity index (χ3n) is 3.46. The Hall–Kier alpha value is -0.400. The number of nitrogens with zero attached hydrogens (tertiary/aromatic N) is 1. The molecule has 2 rings (SSSR count). The number of carbonyl (C=O) groups excluding carboxylic acids is 1. The molecule has 0 saturated carbocycles. The minimum absolute atomic E-state index is 0. The fourth-order valence-corrected chi connectivity index (χ4v) is 2.86. The lowest BCUT2D eigenvalue weighted by atomic mass is 10.1. The number of esters is 1. The van der Waals surface area contributed by atoms with Gasteiger partial charge in [-0.25, -0.2) is 9.18 Å². The van der Waals surface area contributed by atoms with Crippen LogP contribution in [-0.4, -0.2) is 37.1 Å². The predicted octanol–water partition coefficient (Wildman–Crippen LogP) is 3.88. The lowest BCUT2D eigenvalue weighted by Crippen LogP contribution is -2.31.